The maximum Gasteiger partial charge on any atom is 0.122 e. The van der Waals surface area contributed by atoms with Crippen LogP contribution in [-0.4, -0.2) is 33.4 Å². The molecule has 0 saturated heterocycles. The lowest BCUT2D eigenvalue weighted by Gasteiger charge is -2.09. The molecule has 1 aromatic rings. The summed E-state index contributed by atoms with van der Waals surface area (Å²) in [5.41, 5.74) is 1.18. The number of hydrogen-bond donors (Lipinski definition) is 1. The summed E-state index contributed by atoms with van der Waals surface area (Å²) in [5, 5.41) is 3.30. The predicted octanol–water partition coefficient (Wildman–Crippen LogP) is 2.00. The van der Waals surface area contributed by atoms with Crippen LogP contribution in [0.1, 0.15) is 12.0 Å². The molecule has 1 aromatic carbocycles. The zero-order valence-electron chi connectivity index (χ0n) is 10.2. The van der Waals surface area contributed by atoms with Crippen LogP contribution >= 0.6 is 0 Å². The van der Waals surface area contributed by atoms with Gasteiger partial charge in [0.1, 0.15) is 12.4 Å². The summed E-state index contributed by atoms with van der Waals surface area (Å²) in [5.74, 6) is 0.973. The minimum atomic E-state index is 0.706. The average molecular weight is 223 g/mol. The van der Waals surface area contributed by atoms with Crippen molar-refractivity contribution in [3.05, 3.63) is 29.8 Å². The first kappa shape index (κ1) is 13.0. The molecule has 1 rings (SSSR count). The summed E-state index contributed by atoms with van der Waals surface area (Å²) in [4.78, 5) is 0. The van der Waals surface area contributed by atoms with Crippen molar-refractivity contribution in [1.29, 1.82) is 0 Å². The molecule has 0 bridgehead atoms. The Morgan fingerprint density at radius 3 is 2.69 bits per heavy atom. The maximum atomic E-state index is 5.65. The predicted molar refractivity (Wildman–Crippen MR) is 66.0 cm³/mol. The maximum absolute atomic E-state index is 5.65. The van der Waals surface area contributed by atoms with E-state index in [1.165, 1.54) is 5.56 Å². The van der Waals surface area contributed by atoms with Crippen LogP contribution in [0.15, 0.2) is 24.3 Å². The molecule has 90 valence electrons. The molecule has 0 atom stereocenters. The van der Waals surface area contributed by atoms with E-state index in [2.05, 4.69) is 18.3 Å². The molecule has 0 aromatic heterocycles. The van der Waals surface area contributed by atoms with Gasteiger partial charge in [0, 0.05) is 20.3 Å². The number of methoxy groups -OCH3 is 1. The molecule has 0 radical (unpaired) electrons. The highest BCUT2D eigenvalue weighted by Gasteiger charge is 1.96. The standard InChI is InChI=1S/C13H21NO2/c1-12-6-3-4-7-13(12)16-11-9-14-8-5-10-15-2/h3-4,6-7,14H,5,8-11H2,1-2H3. The van der Waals surface area contributed by atoms with Gasteiger partial charge in [0.05, 0.1) is 0 Å². The number of aryl methyl sites for hydroxylation is 1. The normalized spacial score (nSPS) is 10.4. The molecule has 0 aliphatic rings. The van der Waals surface area contributed by atoms with Crippen LogP contribution in [0.3, 0.4) is 0 Å². The highest BCUT2D eigenvalue weighted by atomic mass is 16.5. The molecule has 3 nitrogen and oxygen atoms in total. The van der Waals surface area contributed by atoms with Crippen molar-refractivity contribution in [3.8, 4) is 5.75 Å². The monoisotopic (exact) mass is 223 g/mol. The van der Waals surface area contributed by atoms with Crippen molar-refractivity contribution >= 4 is 0 Å². The van der Waals surface area contributed by atoms with Crippen molar-refractivity contribution in [2.24, 2.45) is 0 Å². The van der Waals surface area contributed by atoms with Crippen LogP contribution in [0.4, 0.5) is 0 Å². The molecule has 0 saturated carbocycles. The van der Waals surface area contributed by atoms with E-state index < -0.39 is 0 Å². The van der Waals surface area contributed by atoms with Gasteiger partial charge < -0.3 is 14.8 Å². The summed E-state index contributed by atoms with van der Waals surface area (Å²) in [6.07, 6.45) is 1.04. The summed E-state index contributed by atoms with van der Waals surface area (Å²) in [7, 11) is 1.72. The van der Waals surface area contributed by atoms with Crippen LogP contribution in [0.2, 0.25) is 0 Å². The van der Waals surface area contributed by atoms with Gasteiger partial charge in [-0.05, 0) is 31.5 Å². The third kappa shape index (κ3) is 5.14. The van der Waals surface area contributed by atoms with Gasteiger partial charge in [0.25, 0.3) is 0 Å². The lowest BCUT2D eigenvalue weighted by Crippen LogP contribution is -2.23. The van der Waals surface area contributed by atoms with Gasteiger partial charge in [-0.25, -0.2) is 0 Å². The van der Waals surface area contributed by atoms with Gasteiger partial charge in [-0.15, -0.1) is 0 Å². The summed E-state index contributed by atoms with van der Waals surface area (Å²) >= 11 is 0. The number of rotatable bonds is 8. The number of ether oxygens (including phenoxy) is 2. The third-order valence-corrected chi connectivity index (χ3v) is 2.33. The van der Waals surface area contributed by atoms with Gasteiger partial charge in [-0.3, -0.25) is 0 Å². The van der Waals surface area contributed by atoms with Crippen molar-refractivity contribution < 1.29 is 9.47 Å². The van der Waals surface area contributed by atoms with E-state index >= 15 is 0 Å². The molecule has 1 N–H and O–H groups in total. The molecule has 0 spiro atoms. The molecule has 0 unspecified atom stereocenters. The van der Waals surface area contributed by atoms with E-state index in [-0.39, 0.29) is 0 Å². The van der Waals surface area contributed by atoms with Crippen molar-refractivity contribution in [3.63, 3.8) is 0 Å². The SMILES string of the molecule is COCCCNCCOc1ccccc1C. The van der Waals surface area contributed by atoms with Gasteiger partial charge >= 0.3 is 0 Å². The summed E-state index contributed by atoms with van der Waals surface area (Å²) in [6.45, 7) is 5.42. The van der Waals surface area contributed by atoms with E-state index in [1.54, 1.807) is 7.11 Å². The first-order valence-electron chi connectivity index (χ1n) is 5.72. The Hall–Kier alpha value is -1.06. The van der Waals surface area contributed by atoms with E-state index in [9.17, 15) is 0 Å². The number of nitrogens with one attached hydrogen (secondary N) is 1. The highest BCUT2D eigenvalue weighted by molar-refractivity contribution is 5.31. The van der Waals surface area contributed by atoms with Gasteiger partial charge in [0.15, 0.2) is 0 Å². The summed E-state index contributed by atoms with van der Waals surface area (Å²) in [6, 6.07) is 8.07. The molecule has 16 heavy (non-hydrogen) atoms. The highest BCUT2D eigenvalue weighted by Crippen LogP contribution is 2.15. The molecule has 0 amide bonds. The lowest BCUT2D eigenvalue weighted by atomic mass is 10.2. The van der Waals surface area contributed by atoms with E-state index in [4.69, 9.17) is 9.47 Å². The minimum Gasteiger partial charge on any atom is -0.492 e. The number of benzene rings is 1. The molecular weight excluding hydrogens is 202 g/mol. The Morgan fingerprint density at radius 1 is 1.12 bits per heavy atom. The molecule has 0 heterocycles. The van der Waals surface area contributed by atoms with Crippen LogP contribution in [-0.2, 0) is 4.74 Å². The van der Waals surface area contributed by atoms with Crippen molar-refractivity contribution in [2.75, 3.05) is 33.4 Å². The van der Waals surface area contributed by atoms with E-state index in [1.807, 2.05) is 18.2 Å². The summed E-state index contributed by atoms with van der Waals surface area (Å²) < 4.78 is 10.6. The van der Waals surface area contributed by atoms with Crippen LogP contribution in [0.5, 0.6) is 5.75 Å². The first-order valence-corrected chi connectivity index (χ1v) is 5.72. The average Bonchev–Trinajstić information content (AvgIpc) is 2.30. The fraction of sp³-hybridized carbons (Fsp3) is 0.538. The smallest absolute Gasteiger partial charge is 0.122 e. The van der Waals surface area contributed by atoms with Crippen LogP contribution in [0.25, 0.3) is 0 Å². The van der Waals surface area contributed by atoms with Crippen LogP contribution in [0, 0.1) is 6.92 Å². The molecular formula is C13H21NO2. The second kappa shape index (κ2) is 8.13. The zero-order valence-corrected chi connectivity index (χ0v) is 10.2. The second-order valence-electron chi connectivity index (χ2n) is 3.71. The van der Waals surface area contributed by atoms with Crippen molar-refractivity contribution in [1.82, 2.24) is 5.32 Å². The van der Waals surface area contributed by atoms with Gasteiger partial charge in [-0.2, -0.15) is 0 Å². The number of hydrogen-bond acceptors (Lipinski definition) is 3. The molecule has 0 aliphatic heterocycles. The topological polar surface area (TPSA) is 30.5 Å². The van der Waals surface area contributed by atoms with Gasteiger partial charge in [0.2, 0.25) is 0 Å². The Kier molecular flexibility index (Phi) is 6.61. The fourth-order valence-corrected chi connectivity index (χ4v) is 1.42. The largest absolute Gasteiger partial charge is 0.492 e. The van der Waals surface area contributed by atoms with E-state index in [0.717, 1.165) is 31.9 Å². The van der Waals surface area contributed by atoms with Crippen LogP contribution < -0.4 is 10.1 Å². The Morgan fingerprint density at radius 2 is 1.94 bits per heavy atom. The van der Waals surface area contributed by atoms with Gasteiger partial charge in [-0.1, -0.05) is 18.2 Å². The molecule has 0 fully saturated rings. The van der Waals surface area contributed by atoms with Crippen molar-refractivity contribution in [2.45, 2.75) is 13.3 Å². The quantitative estimate of drug-likeness (QED) is 0.684. The second-order valence-corrected chi connectivity index (χ2v) is 3.71. The third-order valence-electron chi connectivity index (χ3n) is 2.33. The Balaban J connectivity index is 2.05. The molecule has 0 aliphatic carbocycles. The minimum absolute atomic E-state index is 0.706. The van der Waals surface area contributed by atoms with E-state index in [0.29, 0.717) is 6.61 Å². The molecule has 3 heteroatoms. The fourth-order valence-electron chi connectivity index (χ4n) is 1.42. The Bertz CT molecular complexity index is 289. The number of para-hydroxylation sites is 1. The Labute approximate surface area is 97.8 Å². The first-order chi connectivity index (χ1) is 7.84. The lowest BCUT2D eigenvalue weighted by molar-refractivity contribution is 0.193. The zero-order chi connectivity index (χ0) is 11.6.